The molecule has 0 bridgehead atoms. The van der Waals surface area contributed by atoms with Crippen LogP contribution in [0.5, 0.6) is 5.75 Å². The van der Waals surface area contributed by atoms with Crippen molar-refractivity contribution in [1.82, 2.24) is 4.98 Å². The summed E-state index contributed by atoms with van der Waals surface area (Å²) < 4.78 is 5.50. The Bertz CT molecular complexity index is 971. The van der Waals surface area contributed by atoms with E-state index in [0.29, 0.717) is 12.2 Å². The van der Waals surface area contributed by atoms with Crippen molar-refractivity contribution >= 4 is 17.3 Å². The number of hydrogen-bond acceptors (Lipinski definition) is 4. The van der Waals surface area contributed by atoms with E-state index in [1.807, 2.05) is 72.8 Å². The lowest BCUT2D eigenvalue weighted by atomic mass is 9.89. The first kappa shape index (κ1) is 17.0. The Kier molecular flexibility index (Phi) is 4.66. The van der Waals surface area contributed by atoms with E-state index in [0.717, 1.165) is 22.7 Å². The Morgan fingerprint density at radius 3 is 2.44 bits per heavy atom. The van der Waals surface area contributed by atoms with Crippen LogP contribution in [0.1, 0.15) is 23.6 Å². The topological polar surface area (TPSA) is 54.8 Å². The number of ether oxygens (including phenoxy) is 1. The van der Waals surface area contributed by atoms with Crippen LogP contribution in [0.4, 0.5) is 5.69 Å². The molecule has 0 radical (unpaired) electrons. The molecule has 0 aliphatic carbocycles. The molecule has 2 aromatic carbocycles. The second-order valence-corrected chi connectivity index (χ2v) is 6.25. The van der Waals surface area contributed by atoms with Gasteiger partial charge in [0.1, 0.15) is 5.75 Å². The summed E-state index contributed by atoms with van der Waals surface area (Å²) in [5.41, 5.74) is 3.13. The Labute approximate surface area is 157 Å². The van der Waals surface area contributed by atoms with Gasteiger partial charge in [-0.05, 0) is 30.3 Å². The lowest BCUT2D eigenvalue weighted by molar-refractivity contribution is -0.120. The minimum Gasteiger partial charge on any atom is -0.496 e. The van der Waals surface area contributed by atoms with Crippen LogP contribution in [0, 0.1) is 0 Å². The SMILES string of the molecule is COc1ccccc1C1CC(c2ccccn2)=NN(c2ccccc2)C1=O. The molecule has 1 aliphatic heterocycles. The number of benzene rings is 2. The highest BCUT2D eigenvalue weighted by molar-refractivity contribution is 6.10. The first-order chi connectivity index (χ1) is 13.3. The maximum absolute atomic E-state index is 13.3. The van der Waals surface area contributed by atoms with E-state index < -0.39 is 5.92 Å². The predicted molar refractivity (Wildman–Crippen MR) is 105 cm³/mol. The van der Waals surface area contributed by atoms with Crippen molar-refractivity contribution in [1.29, 1.82) is 0 Å². The van der Waals surface area contributed by atoms with Crippen LogP contribution in [-0.2, 0) is 4.79 Å². The van der Waals surface area contributed by atoms with Gasteiger partial charge in [0.05, 0.1) is 30.1 Å². The zero-order chi connectivity index (χ0) is 18.6. The van der Waals surface area contributed by atoms with Crippen LogP contribution in [0.3, 0.4) is 0 Å². The molecule has 134 valence electrons. The van der Waals surface area contributed by atoms with Crippen LogP contribution in [0.25, 0.3) is 0 Å². The molecular formula is C22H19N3O2. The third-order valence-corrected chi connectivity index (χ3v) is 4.60. The third-order valence-electron chi connectivity index (χ3n) is 4.60. The number of hydrogen-bond donors (Lipinski definition) is 0. The number of rotatable bonds is 4. The molecule has 1 aliphatic rings. The number of pyridine rings is 1. The number of carbonyl (C=O) groups excluding carboxylic acids is 1. The number of amides is 1. The van der Waals surface area contributed by atoms with E-state index in [4.69, 9.17) is 4.74 Å². The van der Waals surface area contributed by atoms with Crippen molar-refractivity contribution < 1.29 is 9.53 Å². The van der Waals surface area contributed by atoms with Gasteiger partial charge >= 0.3 is 0 Å². The van der Waals surface area contributed by atoms with Gasteiger partial charge in [-0.1, -0.05) is 42.5 Å². The molecule has 1 atom stereocenters. The smallest absolute Gasteiger partial charge is 0.255 e. The lowest BCUT2D eigenvalue weighted by Gasteiger charge is -2.30. The van der Waals surface area contributed by atoms with Gasteiger partial charge < -0.3 is 4.74 Å². The summed E-state index contributed by atoms with van der Waals surface area (Å²) >= 11 is 0. The van der Waals surface area contributed by atoms with Gasteiger partial charge in [0, 0.05) is 18.2 Å². The minimum absolute atomic E-state index is 0.0784. The van der Waals surface area contributed by atoms with Gasteiger partial charge in [0.25, 0.3) is 5.91 Å². The average Bonchev–Trinajstić information content (AvgIpc) is 2.75. The van der Waals surface area contributed by atoms with Gasteiger partial charge in [-0.25, -0.2) is 0 Å². The molecular weight excluding hydrogens is 338 g/mol. The summed E-state index contributed by atoms with van der Waals surface area (Å²) in [6, 6.07) is 22.8. The second-order valence-electron chi connectivity index (χ2n) is 6.25. The van der Waals surface area contributed by atoms with Crippen LogP contribution < -0.4 is 9.75 Å². The van der Waals surface area contributed by atoms with Gasteiger partial charge in [-0.15, -0.1) is 0 Å². The van der Waals surface area contributed by atoms with Crippen LogP contribution in [-0.4, -0.2) is 23.7 Å². The standard InChI is InChI=1S/C22H19N3O2/c1-27-21-13-6-5-11-17(21)18-15-20(19-12-7-8-14-23-19)24-25(22(18)26)16-9-3-2-4-10-16/h2-14,18H,15H2,1H3. The number of hydrazone groups is 1. The zero-order valence-corrected chi connectivity index (χ0v) is 14.9. The van der Waals surface area contributed by atoms with Crippen LogP contribution in [0.2, 0.25) is 0 Å². The number of carbonyl (C=O) groups is 1. The highest BCUT2D eigenvalue weighted by atomic mass is 16.5. The molecule has 3 aromatic rings. The number of methoxy groups -OCH3 is 1. The van der Waals surface area contributed by atoms with Crippen molar-refractivity contribution in [2.75, 3.05) is 12.1 Å². The maximum Gasteiger partial charge on any atom is 0.255 e. The van der Waals surface area contributed by atoms with Crippen LogP contribution >= 0.6 is 0 Å². The largest absolute Gasteiger partial charge is 0.496 e. The van der Waals surface area contributed by atoms with E-state index in [1.165, 1.54) is 5.01 Å². The number of aromatic nitrogens is 1. The van der Waals surface area contributed by atoms with Crippen LogP contribution in [0.15, 0.2) is 84.1 Å². The van der Waals surface area contributed by atoms with E-state index in [1.54, 1.807) is 13.3 Å². The molecule has 5 heteroatoms. The Hall–Kier alpha value is -3.47. The van der Waals surface area contributed by atoms with Crippen molar-refractivity contribution in [2.45, 2.75) is 12.3 Å². The van der Waals surface area contributed by atoms with E-state index in [9.17, 15) is 4.79 Å². The number of anilines is 1. The van der Waals surface area contributed by atoms with Crippen molar-refractivity contribution in [3.05, 3.63) is 90.3 Å². The molecule has 0 saturated heterocycles. The van der Waals surface area contributed by atoms with Crippen molar-refractivity contribution in [3.63, 3.8) is 0 Å². The molecule has 1 aromatic heterocycles. The molecule has 27 heavy (non-hydrogen) atoms. The third kappa shape index (κ3) is 3.31. The number of para-hydroxylation sites is 2. The molecule has 5 nitrogen and oxygen atoms in total. The van der Waals surface area contributed by atoms with Gasteiger partial charge in [0.2, 0.25) is 0 Å². The summed E-state index contributed by atoms with van der Waals surface area (Å²) in [7, 11) is 1.62. The summed E-state index contributed by atoms with van der Waals surface area (Å²) in [6.45, 7) is 0. The Morgan fingerprint density at radius 2 is 1.70 bits per heavy atom. The average molecular weight is 357 g/mol. The molecule has 0 fully saturated rings. The Morgan fingerprint density at radius 1 is 0.963 bits per heavy atom. The molecule has 2 heterocycles. The maximum atomic E-state index is 13.3. The normalized spacial score (nSPS) is 16.8. The molecule has 4 rings (SSSR count). The summed E-state index contributed by atoms with van der Waals surface area (Å²) in [5.74, 6) is 0.229. The molecule has 1 amide bonds. The molecule has 0 saturated carbocycles. The highest BCUT2D eigenvalue weighted by Gasteiger charge is 2.35. The van der Waals surface area contributed by atoms with E-state index in [-0.39, 0.29) is 5.91 Å². The van der Waals surface area contributed by atoms with Crippen molar-refractivity contribution in [2.24, 2.45) is 5.10 Å². The fraction of sp³-hybridized carbons (Fsp3) is 0.136. The highest BCUT2D eigenvalue weighted by Crippen LogP contribution is 2.35. The fourth-order valence-corrected chi connectivity index (χ4v) is 3.28. The fourth-order valence-electron chi connectivity index (χ4n) is 3.28. The molecule has 0 N–H and O–H groups in total. The predicted octanol–water partition coefficient (Wildman–Crippen LogP) is 4.02. The second kappa shape index (κ2) is 7.41. The quantitative estimate of drug-likeness (QED) is 0.709. The minimum atomic E-state index is -0.393. The number of nitrogens with zero attached hydrogens (tertiary/aromatic N) is 3. The van der Waals surface area contributed by atoms with Gasteiger partial charge in [0.15, 0.2) is 0 Å². The first-order valence-electron chi connectivity index (χ1n) is 8.78. The van der Waals surface area contributed by atoms with E-state index in [2.05, 4.69) is 10.1 Å². The molecule has 0 spiro atoms. The first-order valence-corrected chi connectivity index (χ1v) is 8.78. The molecule has 1 unspecified atom stereocenters. The van der Waals surface area contributed by atoms with Crippen molar-refractivity contribution in [3.8, 4) is 5.75 Å². The van der Waals surface area contributed by atoms with E-state index >= 15 is 0 Å². The zero-order valence-electron chi connectivity index (χ0n) is 14.9. The van der Waals surface area contributed by atoms with Gasteiger partial charge in [-0.2, -0.15) is 10.1 Å². The summed E-state index contributed by atoms with van der Waals surface area (Å²) in [4.78, 5) is 17.7. The summed E-state index contributed by atoms with van der Waals surface area (Å²) in [5, 5.41) is 6.11. The Balaban J connectivity index is 1.82. The lowest BCUT2D eigenvalue weighted by Crippen LogP contribution is -2.38. The monoisotopic (exact) mass is 357 g/mol. The summed E-state index contributed by atoms with van der Waals surface area (Å²) in [6.07, 6.45) is 2.21. The van der Waals surface area contributed by atoms with Gasteiger partial charge in [-0.3, -0.25) is 9.78 Å².